The van der Waals surface area contributed by atoms with Crippen LogP contribution in [-0.4, -0.2) is 0 Å². The van der Waals surface area contributed by atoms with E-state index in [1.807, 2.05) is 0 Å². The van der Waals surface area contributed by atoms with E-state index in [2.05, 4.69) is 65.1 Å². The number of halogens is 1. The molecule has 16 heavy (non-hydrogen) atoms. The van der Waals surface area contributed by atoms with Crippen molar-refractivity contribution in [3.05, 3.63) is 57.5 Å². The van der Waals surface area contributed by atoms with Crippen molar-refractivity contribution in [3.8, 4) is 0 Å². The molecular weight excluding hydrogens is 307 g/mol. The zero-order chi connectivity index (χ0) is 11.0. The molecule has 1 fully saturated rings. The highest BCUT2D eigenvalue weighted by atomic mass is 127. The summed E-state index contributed by atoms with van der Waals surface area (Å²) in [6.45, 7) is 0. The third kappa shape index (κ3) is 2.10. The van der Waals surface area contributed by atoms with E-state index >= 15 is 0 Å². The van der Waals surface area contributed by atoms with Gasteiger partial charge in [0.05, 0.1) is 3.92 Å². The molecule has 0 bridgehead atoms. The van der Waals surface area contributed by atoms with Gasteiger partial charge in [-0.05, 0) is 41.9 Å². The monoisotopic (exact) mass is 321 g/mol. The van der Waals surface area contributed by atoms with Crippen LogP contribution in [0.2, 0.25) is 0 Å². The van der Waals surface area contributed by atoms with Crippen LogP contribution < -0.4 is 0 Å². The van der Waals surface area contributed by atoms with Gasteiger partial charge in [0.2, 0.25) is 0 Å². The van der Waals surface area contributed by atoms with E-state index in [9.17, 15) is 0 Å². The molecule has 0 atom stereocenters. The molecule has 1 radical (unpaired) electrons. The van der Waals surface area contributed by atoms with Gasteiger partial charge in [0, 0.05) is 0 Å². The molecule has 2 aliphatic carbocycles. The summed E-state index contributed by atoms with van der Waals surface area (Å²) in [4.78, 5) is 0. The maximum absolute atomic E-state index is 2.52. The van der Waals surface area contributed by atoms with Gasteiger partial charge in [0.25, 0.3) is 0 Å². The molecule has 2 aliphatic rings. The van der Waals surface area contributed by atoms with Crippen molar-refractivity contribution < 1.29 is 0 Å². The van der Waals surface area contributed by atoms with E-state index in [-0.39, 0.29) is 0 Å². The number of allylic oxidation sites excluding steroid dienone is 4. The Balaban J connectivity index is 1.88. The van der Waals surface area contributed by atoms with Crippen molar-refractivity contribution in [1.29, 1.82) is 0 Å². The van der Waals surface area contributed by atoms with Gasteiger partial charge in [-0.2, -0.15) is 0 Å². The fourth-order valence-electron chi connectivity index (χ4n) is 2.21. The second-order valence-electron chi connectivity index (χ2n) is 4.54. The van der Waals surface area contributed by atoms with Crippen molar-refractivity contribution in [1.82, 2.24) is 0 Å². The van der Waals surface area contributed by atoms with Crippen molar-refractivity contribution in [2.75, 3.05) is 0 Å². The van der Waals surface area contributed by atoms with Crippen LogP contribution in [0.1, 0.15) is 24.8 Å². The quantitative estimate of drug-likeness (QED) is 0.688. The van der Waals surface area contributed by atoms with Gasteiger partial charge >= 0.3 is 0 Å². The molecule has 1 saturated carbocycles. The predicted molar refractivity (Wildman–Crippen MR) is 77.1 cm³/mol. The lowest BCUT2D eigenvalue weighted by Gasteiger charge is -2.19. The van der Waals surface area contributed by atoms with Crippen LogP contribution in [0.5, 0.6) is 0 Å². The second-order valence-corrected chi connectivity index (χ2v) is 5.84. The number of hydrogen-bond donors (Lipinski definition) is 0. The van der Waals surface area contributed by atoms with Gasteiger partial charge in [-0.3, -0.25) is 0 Å². The Labute approximate surface area is 111 Å². The molecule has 0 heterocycles. The summed E-state index contributed by atoms with van der Waals surface area (Å²) in [5, 5.41) is 0. The van der Waals surface area contributed by atoms with Gasteiger partial charge in [-0.15, -0.1) is 0 Å². The van der Waals surface area contributed by atoms with Crippen LogP contribution in [0.25, 0.3) is 5.57 Å². The Morgan fingerprint density at radius 1 is 1.00 bits per heavy atom. The van der Waals surface area contributed by atoms with Crippen LogP contribution in [0.15, 0.2) is 48.1 Å². The summed E-state index contributed by atoms with van der Waals surface area (Å²) in [6, 6.07) is 10.7. The Morgan fingerprint density at radius 3 is 2.38 bits per heavy atom. The summed E-state index contributed by atoms with van der Waals surface area (Å²) in [7, 11) is 0. The predicted octanol–water partition coefficient (Wildman–Crippen LogP) is 4.78. The second kappa shape index (κ2) is 4.36. The average Bonchev–Trinajstić information content (AvgIpc) is 3.14. The number of benzene rings is 1. The SMILES string of the molecule is I[C]1CC(c2ccccc2)=CC=C1C1CC1. The average molecular weight is 321 g/mol. The highest BCUT2D eigenvalue weighted by Gasteiger charge is 2.31. The van der Waals surface area contributed by atoms with E-state index in [0.717, 1.165) is 12.3 Å². The molecule has 0 aliphatic heterocycles. The summed E-state index contributed by atoms with van der Waals surface area (Å²) in [6.07, 6.45) is 8.56. The van der Waals surface area contributed by atoms with Gasteiger partial charge in [0.1, 0.15) is 0 Å². The first-order valence-corrected chi connectivity index (χ1v) is 6.90. The van der Waals surface area contributed by atoms with Crippen LogP contribution in [0.4, 0.5) is 0 Å². The minimum absolute atomic E-state index is 0.875. The Hall–Kier alpha value is -0.570. The molecule has 1 heteroatoms. The van der Waals surface area contributed by atoms with Crippen molar-refractivity contribution >= 4 is 28.2 Å². The van der Waals surface area contributed by atoms with Gasteiger partial charge in [0.15, 0.2) is 0 Å². The highest BCUT2D eigenvalue weighted by Crippen LogP contribution is 2.48. The van der Waals surface area contributed by atoms with Gasteiger partial charge in [-0.1, -0.05) is 65.1 Å². The lowest BCUT2D eigenvalue weighted by Crippen LogP contribution is -2.01. The zero-order valence-corrected chi connectivity index (χ0v) is 11.3. The third-order valence-corrected chi connectivity index (χ3v) is 4.29. The molecule has 0 N–H and O–H groups in total. The summed E-state index contributed by atoms with van der Waals surface area (Å²) in [5.41, 5.74) is 4.41. The molecular formula is C15H14I. The Morgan fingerprint density at radius 2 is 1.75 bits per heavy atom. The standard InChI is InChI=1S/C15H14I/c16-15-10-13(11-4-2-1-3-5-11)8-9-14(15)12-6-7-12/h1-5,8-9,12H,6-7,10H2. The first-order valence-electron chi connectivity index (χ1n) is 5.82. The van der Waals surface area contributed by atoms with Crippen LogP contribution in [-0.2, 0) is 0 Å². The fraction of sp³-hybridized carbons (Fsp3) is 0.267. The van der Waals surface area contributed by atoms with Gasteiger partial charge < -0.3 is 0 Å². The summed E-state index contributed by atoms with van der Waals surface area (Å²) < 4.78 is 1.54. The smallest absolute Gasteiger partial charge is 0.0662 e. The van der Waals surface area contributed by atoms with Crippen LogP contribution in [0.3, 0.4) is 0 Å². The van der Waals surface area contributed by atoms with E-state index in [1.54, 1.807) is 9.50 Å². The maximum Gasteiger partial charge on any atom is 0.0662 e. The first-order chi connectivity index (χ1) is 7.84. The van der Waals surface area contributed by atoms with Gasteiger partial charge in [-0.25, -0.2) is 0 Å². The van der Waals surface area contributed by atoms with E-state index < -0.39 is 0 Å². The maximum atomic E-state index is 2.52. The van der Waals surface area contributed by atoms with E-state index in [4.69, 9.17) is 0 Å². The molecule has 0 nitrogen and oxygen atoms in total. The molecule has 81 valence electrons. The number of hydrogen-bond acceptors (Lipinski definition) is 0. The topological polar surface area (TPSA) is 0 Å². The molecule has 1 aromatic rings. The fourth-order valence-corrected chi connectivity index (χ4v) is 3.24. The lowest BCUT2D eigenvalue weighted by atomic mass is 9.91. The highest BCUT2D eigenvalue weighted by molar-refractivity contribution is 14.1. The molecule has 0 aromatic heterocycles. The first kappa shape index (κ1) is 10.6. The van der Waals surface area contributed by atoms with Crippen molar-refractivity contribution in [2.45, 2.75) is 19.3 Å². The lowest BCUT2D eigenvalue weighted by molar-refractivity contribution is 0.974. The molecule has 0 unspecified atom stereocenters. The largest absolute Gasteiger partial charge is 0.0718 e. The molecule has 1 aromatic carbocycles. The van der Waals surface area contributed by atoms with Crippen molar-refractivity contribution in [3.63, 3.8) is 0 Å². The minimum Gasteiger partial charge on any atom is -0.0718 e. The van der Waals surface area contributed by atoms with Crippen molar-refractivity contribution in [2.24, 2.45) is 5.92 Å². The third-order valence-electron chi connectivity index (χ3n) is 3.28. The van der Waals surface area contributed by atoms with E-state index in [1.165, 1.54) is 24.0 Å². The number of rotatable bonds is 2. The van der Waals surface area contributed by atoms with E-state index in [0.29, 0.717) is 0 Å². The Kier molecular flexibility index (Phi) is 2.88. The normalized spacial score (nSPS) is 21.6. The minimum atomic E-state index is 0.875. The molecule has 3 rings (SSSR count). The molecule has 0 saturated heterocycles. The van der Waals surface area contributed by atoms with Crippen LogP contribution in [0, 0.1) is 9.84 Å². The van der Waals surface area contributed by atoms with Crippen LogP contribution >= 0.6 is 22.6 Å². The zero-order valence-electron chi connectivity index (χ0n) is 9.12. The molecule has 0 amide bonds. The Bertz CT molecular complexity index is 438. The molecule has 0 spiro atoms. The summed E-state index contributed by atoms with van der Waals surface area (Å²) >= 11 is 2.52. The summed E-state index contributed by atoms with van der Waals surface area (Å²) in [5.74, 6) is 0.875.